The number of rotatable bonds is 3. The molecule has 0 bridgehead atoms. The van der Waals surface area contributed by atoms with Gasteiger partial charge in [-0.05, 0) is 35.6 Å². The largest absolute Gasteiger partial charge is 0.462 e. The molecule has 0 aliphatic rings. The van der Waals surface area contributed by atoms with Gasteiger partial charge in [0.05, 0.1) is 18.5 Å². The third kappa shape index (κ3) is 2.49. The van der Waals surface area contributed by atoms with Crippen molar-refractivity contribution in [2.75, 3.05) is 6.61 Å². The molecule has 0 amide bonds. The summed E-state index contributed by atoms with van der Waals surface area (Å²) in [5.41, 5.74) is 2.12. The molecule has 0 aliphatic carbocycles. The Morgan fingerprint density at radius 3 is 2.94 bits per heavy atom. The molecule has 1 aromatic heterocycles. The maximum atomic E-state index is 11.7. The number of carbonyl (C=O) groups excluding carboxylic acids is 1. The van der Waals surface area contributed by atoms with Crippen LogP contribution >= 0.6 is 22.6 Å². The summed E-state index contributed by atoms with van der Waals surface area (Å²) in [5.74, 6) is -0.351. The molecule has 2 rings (SSSR count). The van der Waals surface area contributed by atoms with Crippen LogP contribution in [0.15, 0.2) is 30.5 Å². The number of ether oxygens (including phenoxy) is 1. The molecule has 1 N–H and O–H groups in total. The highest BCUT2D eigenvalue weighted by Gasteiger charge is 2.17. The Morgan fingerprint density at radius 2 is 2.24 bits per heavy atom. The lowest BCUT2D eigenvalue weighted by Gasteiger charge is -2.04. The summed E-state index contributed by atoms with van der Waals surface area (Å²) in [4.78, 5) is 11.7. The average molecular weight is 342 g/mol. The van der Waals surface area contributed by atoms with E-state index in [2.05, 4.69) is 32.8 Å². The molecular formula is C12H11IN2O2. The summed E-state index contributed by atoms with van der Waals surface area (Å²) >= 11 is 2.22. The lowest BCUT2D eigenvalue weighted by atomic mass is 10.1. The topological polar surface area (TPSA) is 55.0 Å². The molecule has 0 spiro atoms. The van der Waals surface area contributed by atoms with Crippen LogP contribution in [0, 0.1) is 3.57 Å². The number of esters is 1. The van der Waals surface area contributed by atoms with Gasteiger partial charge >= 0.3 is 5.97 Å². The minimum atomic E-state index is -0.351. The Bertz CT molecular complexity index is 537. The zero-order valence-electron chi connectivity index (χ0n) is 9.24. The highest BCUT2D eigenvalue weighted by Crippen LogP contribution is 2.26. The normalized spacial score (nSPS) is 10.2. The van der Waals surface area contributed by atoms with Gasteiger partial charge in [0.1, 0.15) is 5.56 Å². The quantitative estimate of drug-likeness (QED) is 0.689. The third-order valence-corrected chi connectivity index (χ3v) is 3.22. The van der Waals surface area contributed by atoms with Crippen LogP contribution in [0.2, 0.25) is 0 Å². The summed E-state index contributed by atoms with van der Waals surface area (Å²) < 4.78 is 6.04. The van der Waals surface area contributed by atoms with Crippen molar-refractivity contribution >= 4 is 28.6 Å². The second-order valence-corrected chi connectivity index (χ2v) is 4.52. The number of nitrogens with one attached hydrogen (secondary N) is 1. The monoisotopic (exact) mass is 342 g/mol. The summed E-state index contributed by atoms with van der Waals surface area (Å²) in [6.07, 6.45) is 1.50. The third-order valence-electron chi connectivity index (χ3n) is 2.28. The van der Waals surface area contributed by atoms with Crippen molar-refractivity contribution in [3.05, 3.63) is 39.6 Å². The van der Waals surface area contributed by atoms with E-state index >= 15 is 0 Å². The first-order valence-corrected chi connectivity index (χ1v) is 6.27. The number of halogens is 1. The van der Waals surface area contributed by atoms with Gasteiger partial charge in [0, 0.05) is 9.13 Å². The number of hydrogen-bond donors (Lipinski definition) is 1. The second kappa shape index (κ2) is 5.31. The molecule has 88 valence electrons. The fourth-order valence-electron chi connectivity index (χ4n) is 1.52. The molecule has 0 fully saturated rings. The van der Waals surface area contributed by atoms with Crippen molar-refractivity contribution in [1.82, 2.24) is 10.2 Å². The van der Waals surface area contributed by atoms with E-state index in [-0.39, 0.29) is 5.97 Å². The van der Waals surface area contributed by atoms with Gasteiger partial charge in [-0.3, -0.25) is 5.10 Å². The maximum absolute atomic E-state index is 11.7. The molecular weight excluding hydrogens is 331 g/mol. The SMILES string of the molecule is CCOC(=O)c1cn[nH]c1-c1ccccc1I. The van der Waals surface area contributed by atoms with Crippen molar-refractivity contribution in [2.24, 2.45) is 0 Å². The molecule has 0 atom stereocenters. The van der Waals surface area contributed by atoms with Gasteiger partial charge in [-0.25, -0.2) is 4.79 Å². The number of hydrogen-bond acceptors (Lipinski definition) is 3. The Labute approximate surface area is 113 Å². The molecule has 0 saturated carbocycles. The van der Waals surface area contributed by atoms with Crippen LogP contribution in [0.5, 0.6) is 0 Å². The van der Waals surface area contributed by atoms with Crippen LogP contribution < -0.4 is 0 Å². The summed E-state index contributed by atoms with van der Waals surface area (Å²) in [6.45, 7) is 2.14. The number of nitrogens with zero attached hydrogens (tertiary/aromatic N) is 1. The average Bonchev–Trinajstić information content (AvgIpc) is 2.79. The maximum Gasteiger partial charge on any atom is 0.341 e. The Hall–Kier alpha value is -1.37. The van der Waals surface area contributed by atoms with Gasteiger partial charge in [-0.15, -0.1) is 0 Å². The summed E-state index contributed by atoms with van der Waals surface area (Å²) in [7, 11) is 0. The van der Waals surface area contributed by atoms with Crippen LogP contribution in [-0.2, 0) is 4.74 Å². The lowest BCUT2D eigenvalue weighted by molar-refractivity contribution is 0.0527. The summed E-state index contributed by atoms with van der Waals surface area (Å²) in [6, 6.07) is 7.79. The van der Waals surface area contributed by atoms with E-state index in [1.54, 1.807) is 6.92 Å². The van der Waals surface area contributed by atoms with Gasteiger partial charge in [0.2, 0.25) is 0 Å². The second-order valence-electron chi connectivity index (χ2n) is 3.36. The molecule has 2 aromatic rings. The van der Waals surface area contributed by atoms with Crippen LogP contribution in [0.4, 0.5) is 0 Å². The first-order chi connectivity index (χ1) is 8.24. The van der Waals surface area contributed by atoms with E-state index in [0.717, 1.165) is 9.13 Å². The Morgan fingerprint density at radius 1 is 1.47 bits per heavy atom. The van der Waals surface area contributed by atoms with Crippen molar-refractivity contribution in [1.29, 1.82) is 0 Å². The molecule has 0 radical (unpaired) electrons. The molecule has 0 saturated heterocycles. The van der Waals surface area contributed by atoms with Gasteiger partial charge in [-0.1, -0.05) is 18.2 Å². The van der Waals surface area contributed by atoms with Crippen LogP contribution in [0.1, 0.15) is 17.3 Å². The zero-order chi connectivity index (χ0) is 12.3. The number of benzene rings is 1. The van der Waals surface area contributed by atoms with Gasteiger partial charge in [0.25, 0.3) is 0 Å². The molecule has 4 nitrogen and oxygen atoms in total. The smallest absolute Gasteiger partial charge is 0.341 e. The predicted molar refractivity (Wildman–Crippen MR) is 72.7 cm³/mol. The van der Waals surface area contributed by atoms with E-state index in [4.69, 9.17) is 4.74 Å². The minimum Gasteiger partial charge on any atom is -0.462 e. The Balaban J connectivity index is 2.44. The molecule has 0 aliphatic heterocycles. The molecule has 5 heteroatoms. The zero-order valence-corrected chi connectivity index (χ0v) is 11.4. The fraction of sp³-hybridized carbons (Fsp3) is 0.167. The highest BCUT2D eigenvalue weighted by atomic mass is 127. The lowest BCUT2D eigenvalue weighted by Crippen LogP contribution is -2.05. The first kappa shape index (κ1) is 12.1. The fourth-order valence-corrected chi connectivity index (χ4v) is 2.18. The minimum absolute atomic E-state index is 0.351. The van der Waals surface area contributed by atoms with E-state index in [1.807, 2.05) is 24.3 Å². The van der Waals surface area contributed by atoms with Crippen LogP contribution in [0.25, 0.3) is 11.3 Å². The number of H-pyrrole nitrogens is 1. The molecule has 0 unspecified atom stereocenters. The predicted octanol–water partition coefficient (Wildman–Crippen LogP) is 2.86. The summed E-state index contributed by atoms with van der Waals surface area (Å²) in [5, 5.41) is 6.76. The van der Waals surface area contributed by atoms with Crippen molar-refractivity contribution < 1.29 is 9.53 Å². The van der Waals surface area contributed by atoms with Crippen molar-refractivity contribution in [2.45, 2.75) is 6.92 Å². The standard InChI is InChI=1S/C12H11IN2O2/c1-2-17-12(16)9-7-14-15-11(9)8-5-3-4-6-10(8)13/h3-7H,2H2,1H3,(H,14,15). The number of carbonyl (C=O) groups is 1. The van der Waals surface area contributed by atoms with Crippen molar-refractivity contribution in [3.63, 3.8) is 0 Å². The van der Waals surface area contributed by atoms with E-state index in [0.29, 0.717) is 17.9 Å². The van der Waals surface area contributed by atoms with E-state index in [9.17, 15) is 4.79 Å². The highest BCUT2D eigenvalue weighted by molar-refractivity contribution is 14.1. The number of aromatic amines is 1. The molecule has 17 heavy (non-hydrogen) atoms. The van der Waals surface area contributed by atoms with Gasteiger partial charge in [-0.2, -0.15) is 5.10 Å². The van der Waals surface area contributed by atoms with E-state index < -0.39 is 0 Å². The van der Waals surface area contributed by atoms with E-state index in [1.165, 1.54) is 6.20 Å². The first-order valence-electron chi connectivity index (χ1n) is 5.19. The Kier molecular flexibility index (Phi) is 3.78. The molecule has 1 heterocycles. The number of aromatic nitrogens is 2. The van der Waals surface area contributed by atoms with Crippen LogP contribution in [-0.4, -0.2) is 22.8 Å². The van der Waals surface area contributed by atoms with Crippen LogP contribution in [0.3, 0.4) is 0 Å². The van der Waals surface area contributed by atoms with Gasteiger partial charge < -0.3 is 4.74 Å². The van der Waals surface area contributed by atoms with Crippen molar-refractivity contribution in [3.8, 4) is 11.3 Å². The van der Waals surface area contributed by atoms with Gasteiger partial charge in [0.15, 0.2) is 0 Å². The molecule has 1 aromatic carbocycles.